The number of carbonyl (C=O) groups excluding carboxylic acids is 1. The molecule has 0 spiro atoms. The zero-order valence-corrected chi connectivity index (χ0v) is 12.1. The van der Waals surface area contributed by atoms with Crippen molar-refractivity contribution in [3.63, 3.8) is 0 Å². The molecule has 0 bridgehead atoms. The zero-order chi connectivity index (χ0) is 15.9. The molecule has 6 heteroatoms. The number of hydrogen-bond acceptors (Lipinski definition) is 3. The quantitative estimate of drug-likeness (QED) is 0.863. The third-order valence-corrected chi connectivity index (χ3v) is 2.95. The molecule has 22 heavy (non-hydrogen) atoms. The van der Waals surface area contributed by atoms with Crippen molar-refractivity contribution in [2.75, 3.05) is 5.32 Å². The van der Waals surface area contributed by atoms with E-state index in [-0.39, 0.29) is 11.7 Å². The van der Waals surface area contributed by atoms with E-state index in [1.165, 1.54) is 12.1 Å². The smallest absolute Gasteiger partial charge is 0.252 e. The number of rotatable bonds is 5. The molecule has 1 amide bonds. The highest BCUT2D eigenvalue weighted by molar-refractivity contribution is 6.05. The van der Waals surface area contributed by atoms with E-state index >= 15 is 0 Å². The molecule has 1 aromatic carbocycles. The summed E-state index contributed by atoms with van der Waals surface area (Å²) in [6.45, 7) is 2.15. The van der Waals surface area contributed by atoms with Gasteiger partial charge in [0.1, 0.15) is 5.82 Å². The second-order valence-corrected chi connectivity index (χ2v) is 4.71. The number of aryl methyl sites for hydroxylation is 1. The van der Waals surface area contributed by atoms with Crippen molar-refractivity contribution in [1.29, 1.82) is 5.26 Å². The van der Waals surface area contributed by atoms with Crippen LogP contribution in [0, 0.1) is 17.1 Å². The number of hydrogen-bond donors (Lipinski definition) is 1. The van der Waals surface area contributed by atoms with Crippen LogP contribution in [0.2, 0.25) is 0 Å². The van der Waals surface area contributed by atoms with E-state index in [2.05, 4.69) is 10.4 Å². The molecule has 112 valence electrons. The monoisotopic (exact) mass is 298 g/mol. The van der Waals surface area contributed by atoms with Crippen molar-refractivity contribution >= 4 is 17.8 Å². The Morgan fingerprint density at radius 1 is 1.41 bits per heavy atom. The molecular formula is C16H15FN4O. The molecule has 0 aliphatic carbocycles. The predicted molar refractivity (Wildman–Crippen MR) is 81.1 cm³/mol. The highest BCUT2D eigenvalue weighted by Crippen LogP contribution is 2.10. The second-order valence-electron chi connectivity index (χ2n) is 4.71. The minimum Gasteiger partial charge on any atom is -0.305 e. The summed E-state index contributed by atoms with van der Waals surface area (Å²) >= 11 is 0. The average Bonchev–Trinajstić information content (AvgIpc) is 2.95. The SMILES string of the molecule is C/C(=C\c1ccc(F)cc1)C(=O)Nc1ccn(CCC#N)n1. The van der Waals surface area contributed by atoms with E-state index in [0.29, 0.717) is 24.4 Å². The van der Waals surface area contributed by atoms with Gasteiger partial charge in [-0.3, -0.25) is 9.48 Å². The van der Waals surface area contributed by atoms with E-state index in [1.54, 1.807) is 42.1 Å². The Bertz CT molecular complexity index is 725. The molecule has 2 aromatic rings. The van der Waals surface area contributed by atoms with Gasteiger partial charge in [-0.05, 0) is 30.7 Å². The number of amides is 1. The number of halogens is 1. The lowest BCUT2D eigenvalue weighted by atomic mass is 10.1. The number of benzene rings is 1. The molecule has 0 unspecified atom stereocenters. The maximum Gasteiger partial charge on any atom is 0.252 e. The summed E-state index contributed by atoms with van der Waals surface area (Å²) in [6, 6.07) is 9.58. The van der Waals surface area contributed by atoms with Crippen LogP contribution in [0.15, 0.2) is 42.1 Å². The highest BCUT2D eigenvalue weighted by atomic mass is 19.1. The summed E-state index contributed by atoms with van der Waals surface area (Å²) in [6.07, 6.45) is 3.73. The first-order chi connectivity index (χ1) is 10.6. The first-order valence-electron chi connectivity index (χ1n) is 6.74. The number of nitriles is 1. The van der Waals surface area contributed by atoms with Crippen LogP contribution < -0.4 is 5.32 Å². The summed E-state index contributed by atoms with van der Waals surface area (Å²) in [5.74, 6) is -0.174. The summed E-state index contributed by atoms with van der Waals surface area (Å²) in [5, 5.41) is 15.3. The Morgan fingerprint density at radius 3 is 2.82 bits per heavy atom. The van der Waals surface area contributed by atoms with Gasteiger partial charge in [-0.15, -0.1) is 0 Å². The number of carbonyl (C=O) groups is 1. The van der Waals surface area contributed by atoms with Crippen LogP contribution in [0.4, 0.5) is 10.2 Å². The van der Waals surface area contributed by atoms with E-state index in [4.69, 9.17) is 5.26 Å². The summed E-state index contributed by atoms with van der Waals surface area (Å²) in [7, 11) is 0. The third-order valence-electron chi connectivity index (χ3n) is 2.95. The summed E-state index contributed by atoms with van der Waals surface area (Å²) in [4.78, 5) is 12.1. The lowest BCUT2D eigenvalue weighted by Crippen LogP contribution is -2.13. The molecule has 0 radical (unpaired) electrons. The highest BCUT2D eigenvalue weighted by Gasteiger charge is 2.07. The zero-order valence-electron chi connectivity index (χ0n) is 12.1. The van der Waals surface area contributed by atoms with Crippen LogP contribution in [-0.2, 0) is 11.3 Å². The Hall–Kier alpha value is -2.94. The maximum atomic E-state index is 12.8. The molecule has 0 saturated heterocycles. The number of nitrogens with one attached hydrogen (secondary N) is 1. The Balaban J connectivity index is 2.00. The minimum atomic E-state index is -0.317. The fraction of sp³-hybridized carbons (Fsp3) is 0.188. The molecule has 1 N–H and O–H groups in total. The van der Waals surface area contributed by atoms with Gasteiger partial charge >= 0.3 is 0 Å². The van der Waals surface area contributed by atoms with Gasteiger partial charge in [-0.2, -0.15) is 10.4 Å². The van der Waals surface area contributed by atoms with Crippen molar-refractivity contribution in [2.45, 2.75) is 19.9 Å². The van der Waals surface area contributed by atoms with Gasteiger partial charge in [-0.1, -0.05) is 12.1 Å². The first kappa shape index (κ1) is 15.4. The van der Waals surface area contributed by atoms with Gasteiger partial charge in [0, 0.05) is 17.8 Å². The lowest BCUT2D eigenvalue weighted by Gasteiger charge is -2.03. The summed E-state index contributed by atoms with van der Waals surface area (Å²) < 4.78 is 14.4. The van der Waals surface area contributed by atoms with Gasteiger partial charge in [0.05, 0.1) is 19.0 Å². The number of nitrogens with zero attached hydrogens (tertiary/aromatic N) is 3. The van der Waals surface area contributed by atoms with Crippen LogP contribution in [-0.4, -0.2) is 15.7 Å². The van der Waals surface area contributed by atoms with Crippen molar-refractivity contribution in [3.8, 4) is 6.07 Å². The fourth-order valence-corrected chi connectivity index (χ4v) is 1.81. The molecule has 0 aliphatic rings. The van der Waals surface area contributed by atoms with E-state index in [0.717, 1.165) is 5.56 Å². The van der Waals surface area contributed by atoms with Gasteiger partial charge < -0.3 is 5.32 Å². The van der Waals surface area contributed by atoms with Crippen molar-refractivity contribution in [1.82, 2.24) is 9.78 Å². The van der Waals surface area contributed by atoms with Crippen LogP contribution >= 0.6 is 0 Å². The van der Waals surface area contributed by atoms with E-state index in [9.17, 15) is 9.18 Å². The predicted octanol–water partition coefficient (Wildman–Crippen LogP) is 2.98. The second kappa shape index (κ2) is 7.18. The molecule has 0 aliphatic heterocycles. The largest absolute Gasteiger partial charge is 0.305 e. The number of aromatic nitrogens is 2. The average molecular weight is 298 g/mol. The Morgan fingerprint density at radius 2 is 2.14 bits per heavy atom. The van der Waals surface area contributed by atoms with Crippen LogP contribution in [0.3, 0.4) is 0 Å². The number of anilines is 1. The van der Waals surface area contributed by atoms with Gasteiger partial charge in [0.2, 0.25) is 0 Å². The molecule has 2 rings (SSSR count). The normalized spacial score (nSPS) is 11.0. The van der Waals surface area contributed by atoms with E-state index in [1.807, 2.05) is 6.07 Å². The summed E-state index contributed by atoms with van der Waals surface area (Å²) in [5.41, 5.74) is 1.23. The molecule has 0 fully saturated rings. The Labute approximate surface area is 127 Å². The van der Waals surface area contributed by atoms with Crippen molar-refractivity contribution in [2.24, 2.45) is 0 Å². The van der Waals surface area contributed by atoms with Gasteiger partial charge in [-0.25, -0.2) is 4.39 Å². The first-order valence-corrected chi connectivity index (χ1v) is 6.74. The van der Waals surface area contributed by atoms with Crippen LogP contribution in [0.1, 0.15) is 18.9 Å². The van der Waals surface area contributed by atoms with E-state index < -0.39 is 0 Å². The maximum absolute atomic E-state index is 12.8. The minimum absolute atomic E-state index is 0.283. The van der Waals surface area contributed by atoms with Gasteiger partial charge in [0.25, 0.3) is 5.91 Å². The standard InChI is InChI=1S/C16H15FN4O/c1-12(11-13-3-5-14(17)6-4-13)16(22)19-15-7-10-21(20-15)9-2-8-18/h3-7,10-11H,2,9H2,1H3,(H,19,20,22)/b12-11+. The topological polar surface area (TPSA) is 70.7 Å². The Kier molecular flexibility index (Phi) is 5.04. The molecule has 0 atom stereocenters. The fourth-order valence-electron chi connectivity index (χ4n) is 1.81. The molecule has 1 heterocycles. The third kappa shape index (κ3) is 4.28. The van der Waals surface area contributed by atoms with Crippen LogP contribution in [0.25, 0.3) is 6.08 Å². The van der Waals surface area contributed by atoms with Crippen LogP contribution in [0.5, 0.6) is 0 Å². The lowest BCUT2D eigenvalue weighted by molar-refractivity contribution is -0.112. The molecule has 1 aromatic heterocycles. The molecule has 5 nitrogen and oxygen atoms in total. The molecular weight excluding hydrogens is 283 g/mol. The molecule has 0 saturated carbocycles. The van der Waals surface area contributed by atoms with Crippen molar-refractivity contribution < 1.29 is 9.18 Å². The van der Waals surface area contributed by atoms with Crippen molar-refractivity contribution in [3.05, 3.63) is 53.5 Å². The van der Waals surface area contributed by atoms with Gasteiger partial charge in [0.15, 0.2) is 5.82 Å².